The molecule has 4 heteroatoms. The minimum atomic E-state index is 0.164. The van der Waals surface area contributed by atoms with Crippen LogP contribution in [0.3, 0.4) is 0 Å². The Morgan fingerprint density at radius 3 is 2.95 bits per heavy atom. The third kappa shape index (κ3) is 1.07. The Labute approximate surface area is 107 Å². The van der Waals surface area contributed by atoms with Gasteiger partial charge in [0.1, 0.15) is 11.0 Å². The number of nitrogens with zero attached hydrogens (tertiary/aromatic N) is 2. The molecule has 1 aromatic heterocycles. The van der Waals surface area contributed by atoms with E-state index < -0.39 is 0 Å². The van der Waals surface area contributed by atoms with Gasteiger partial charge in [0.05, 0.1) is 0 Å². The Hall–Kier alpha value is -2.49. The fourth-order valence-electron chi connectivity index (χ4n) is 3.21. The maximum Gasteiger partial charge on any atom is 0.160 e. The predicted octanol–water partition coefficient (Wildman–Crippen LogP) is 0.262. The van der Waals surface area contributed by atoms with Gasteiger partial charge < -0.3 is 0 Å². The zero-order valence-electron chi connectivity index (χ0n) is 10.0. The zero-order valence-corrected chi connectivity index (χ0v) is 10.0. The zero-order chi connectivity index (χ0) is 12.6. The van der Waals surface area contributed by atoms with Crippen LogP contribution in [0.1, 0.15) is 17.5 Å². The fourth-order valence-corrected chi connectivity index (χ4v) is 3.21. The SMILES string of the molecule is O=C1C=CC=C2C=c3c(c4c(c5n[nH]nc35)C4)=C2C1. The van der Waals surface area contributed by atoms with E-state index in [-0.39, 0.29) is 5.78 Å². The molecule has 3 aliphatic carbocycles. The van der Waals surface area contributed by atoms with Crippen LogP contribution in [0.4, 0.5) is 0 Å². The maximum atomic E-state index is 11.8. The molecular weight excluding hydrogens is 238 g/mol. The van der Waals surface area contributed by atoms with E-state index in [1.807, 2.05) is 12.2 Å². The summed E-state index contributed by atoms with van der Waals surface area (Å²) in [7, 11) is 0. The number of fused-ring (bicyclic) bond motifs is 7. The van der Waals surface area contributed by atoms with E-state index in [2.05, 4.69) is 21.5 Å². The van der Waals surface area contributed by atoms with Crippen molar-refractivity contribution in [2.24, 2.45) is 0 Å². The van der Waals surface area contributed by atoms with Crippen LogP contribution in [-0.2, 0) is 11.2 Å². The molecule has 1 heterocycles. The number of hydrogen-bond donors (Lipinski definition) is 1. The van der Waals surface area contributed by atoms with Gasteiger partial charge in [0.2, 0.25) is 0 Å². The number of H-pyrrole nitrogens is 1. The monoisotopic (exact) mass is 247 g/mol. The van der Waals surface area contributed by atoms with Crippen molar-refractivity contribution in [3.63, 3.8) is 0 Å². The van der Waals surface area contributed by atoms with Crippen molar-refractivity contribution < 1.29 is 4.79 Å². The molecule has 0 saturated carbocycles. The summed E-state index contributed by atoms with van der Waals surface area (Å²) in [6.45, 7) is 0. The Bertz CT molecular complexity index is 973. The van der Waals surface area contributed by atoms with Crippen molar-refractivity contribution in [1.29, 1.82) is 0 Å². The first-order chi connectivity index (χ1) is 9.33. The quantitative estimate of drug-likeness (QED) is 0.620. The van der Waals surface area contributed by atoms with Crippen LogP contribution in [0.15, 0.2) is 23.8 Å². The van der Waals surface area contributed by atoms with Gasteiger partial charge in [-0.25, -0.2) is 0 Å². The van der Waals surface area contributed by atoms with Gasteiger partial charge in [-0.2, -0.15) is 15.4 Å². The molecule has 2 aromatic rings. The summed E-state index contributed by atoms with van der Waals surface area (Å²) in [6, 6.07) is 0. The summed E-state index contributed by atoms with van der Waals surface area (Å²) in [4.78, 5) is 11.8. The summed E-state index contributed by atoms with van der Waals surface area (Å²) in [6.07, 6.45) is 9.11. The molecule has 19 heavy (non-hydrogen) atoms. The smallest absolute Gasteiger partial charge is 0.160 e. The number of aromatic nitrogens is 3. The molecule has 0 atom stereocenters. The largest absolute Gasteiger partial charge is 0.294 e. The highest BCUT2D eigenvalue weighted by Gasteiger charge is 2.30. The second-order valence-electron chi connectivity index (χ2n) is 5.19. The van der Waals surface area contributed by atoms with Crippen LogP contribution in [0.2, 0.25) is 0 Å². The summed E-state index contributed by atoms with van der Waals surface area (Å²) in [5.74, 6) is 0.164. The number of benzene rings is 1. The average Bonchev–Trinajstić information content (AvgIpc) is 2.95. The van der Waals surface area contributed by atoms with E-state index in [0.29, 0.717) is 6.42 Å². The Kier molecular flexibility index (Phi) is 1.45. The Morgan fingerprint density at radius 1 is 1.11 bits per heavy atom. The molecule has 0 fully saturated rings. The lowest BCUT2D eigenvalue weighted by molar-refractivity contribution is -0.113. The van der Waals surface area contributed by atoms with Gasteiger partial charge in [-0.1, -0.05) is 12.2 Å². The minimum absolute atomic E-state index is 0.164. The summed E-state index contributed by atoms with van der Waals surface area (Å²) >= 11 is 0. The van der Waals surface area contributed by atoms with Crippen LogP contribution in [0, 0.1) is 0 Å². The second-order valence-corrected chi connectivity index (χ2v) is 5.19. The number of rotatable bonds is 0. The molecule has 0 aliphatic heterocycles. The molecule has 3 aliphatic rings. The van der Waals surface area contributed by atoms with Crippen molar-refractivity contribution in [3.05, 3.63) is 45.4 Å². The van der Waals surface area contributed by atoms with E-state index in [1.54, 1.807) is 6.08 Å². The lowest BCUT2D eigenvalue weighted by Gasteiger charge is -1.99. The fraction of sp³-hybridized carbons (Fsp3) is 0.133. The summed E-state index contributed by atoms with van der Waals surface area (Å²) < 4.78 is 0. The third-order valence-corrected chi connectivity index (χ3v) is 4.11. The second kappa shape index (κ2) is 2.91. The van der Waals surface area contributed by atoms with Crippen molar-refractivity contribution in [3.8, 4) is 0 Å². The molecule has 5 rings (SSSR count). The molecule has 0 radical (unpaired) electrons. The minimum Gasteiger partial charge on any atom is -0.294 e. The Balaban J connectivity index is 2.03. The first kappa shape index (κ1) is 9.44. The highest BCUT2D eigenvalue weighted by atomic mass is 16.1. The summed E-state index contributed by atoms with van der Waals surface area (Å²) in [5.41, 5.74) is 6.86. The predicted molar refractivity (Wildman–Crippen MR) is 70.7 cm³/mol. The summed E-state index contributed by atoms with van der Waals surface area (Å²) in [5, 5.41) is 13.6. The lowest BCUT2D eigenvalue weighted by Crippen LogP contribution is -2.25. The van der Waals surface area contributed by atoms with Crippen LogP contribution >= 0.6 is 0 Å². The van der Waals surface area contributed by atoms with Gasteiger partial charge in [-0.15, -0.1) is 0 Å². The average molecular weight is 247 g/mol. The number of nitrogens with one attached hydrogen (secondary N) is 1. The molecule has 1 N–H and O–H groups in total. The number of hydrogen-bond acceptors (Lipinski definition) is 3. The van der Waals surface area contributed by atoms with E-state index >= 15 is 0 Å². The van der Waals surface area contributed by atoms with Crippen LogP contribution in [0.25, 0.3) is 22.7 Å². The lowest BCUT2D eigenvalue weighted by atomic mass is 10.0. The molecule has 0 spiro atoms. The number of carbonyl (C=O) groups is 1. The number of allylic oxidation sites excluding steroid dienone is 4. The van der Waals surface area contributed by atoms with Crippen LogP contribution < -0.4 is 10.4 Å². The van der Waals surface area contributed by atoms with Gasteiger partial charge in [0.15, 0.2) is 5.78 Å². The van der Waals surface area contributed by atoms with Crippen molar-refractivity contribution in [2.75, 3.05) is 0 Å². The normalized spacial score (nSPS) is 18.6. The van der Waals surface area contributed by atoms with Gasteiger partial charge in [0.25, 0.3) is 0 Å². The van der Waals surface area contributed by atoms with Gasteiger partial charge in [-0.05, 0) is 39.6 Å². The number of ketones is 1. The van der Waals surface area contributed by atoms with Crippen LogP contribution in [-0.4, -0.2) is 21.2 Å². The highest BCUT2D eigenvalue weighted by Crippen LogP contribution is 2.32. The molecule has 4 nitrogen and oxygen atoms in total. The first-order valence-corrected chi connectivity index (χ1v) is 6.33. The van der Waals surface area contributed by atoms with Gasteiger partial charge in [0, 0.05) is 18.1 Å². The standard InChI is InChI=1S/C15H9N3O/c19-8-3-1-2-7-4-12-13(9(7)5-8)10-6-11(10)14-15(12)17-18-16-14/h1-4H,5-6H2,(H,16,17,18). The highest BCUT2D eigenvalue weighted by molar-refractivity contribution is 6.04. The number of carbonyl (C=O) groups excluding carboxylic acids is 1. The molecule has 0 amide bonds. The van der Waals surface area contributed by atoms with E-state index in [4.69, 9.17) is 0 Å². The van der Waals surface area contributed by atoms with E-state index in [1.165, 1.54) is 16.3 Å². The molecule has 0 bridgehead atoms. The topological polar surface area (TPSA) is 58.6 Å². The molecule has 90 valence electrons. The Morgan fingerprint density at radius 2 is 2.00 bits per heavy atom. The van der Waals surface area contributed by atoms with E-state index in [9.17, 15) is 4.79 Å². The molecule has 0 saturated heterocycles. The van der Waals surface area contributed by atoms with Crippen LogP contribution in [0.5, 0.6) is 0 Å². The van der Waals surface area contributed by atoms with Crippen molar-refractivity contribution in [2.45, 2.75) is 12.8 Å². The third-order valence-electron chi connectivity index (χ3n) is 4.11. The number of aromatic amines is 1. The first-order valence-electron chi connectivity index (χ1n) is 6.33. The van der Waals surface area contributed by atoms with Crippen molar-refractivity contribution in [1.82, 2.24) is 15.4 Å². The molecule has 0 unspecified atom stereocenters. The molecular formula is C15H9N3O. The molecule has 1 aromatic carbocycles. The maximum absolute atomic E-state index is 11.8. The van der Waals surface area contributed by atoms with E-state index in [0.717, 1.165) is 33.8 Å². The van der Waals surface area contributed by atoms with Gasteiger partial charge in [-0.3, -0.25) is 4.79 Å². The van der Waals surface area contributed by atoms with Crippen molar-refractivity contribution >= 4 is 28.5 Å². The van der Waals surface area contributed by atoms with Gasteiger partial charge >= 0.3 is 0 Å².